The molecule has 2 aromatic carbocycles. The minimum Gasteiger partial charge on any atom is -0.480 e. The number of carbonyl (C=O) groups excluding carboxylic acids is 2. The van der Waals surface area contributed by atoms with E-state index in [0.717, 1.165) is 17.2 Å². The predicted octanol–water partition coefficient (Wildman–Crippen LogP) is 1.59. The lowest BCUT2D eigenvalue weighted by molar-refractivity contribution is -0.141. The summed E-state index contributed by atoms with van der Waals surface area (Å²) < 4.78 is 0. The first-order chi connectivity index (χ1) is 12.1. The van der Waals surface area contributed by atoms with Crippen LogP contribution in [0.15, 0.2) is 66.7 Å². The van der Waals surface area contributed by atoms with Crippen molar-refractivity contribution < 1.29 is 19.5 Å². The molecule has 25 heavy (non-hydrogen) atoms. The molecule has 0 saturated heterocycles. The molecule has 0 spiro atoms. The van der Waals surface area contributed by atoms with E-state index in [2.05, 4.69) is 10.9 Å². The minimum absolute atomic E-state index is 0.171. The van der Waals surface area contributed by atoms with Gasteiger partial charge >= 0.3 is 11.9 Å². The fourth-order valence-electron chi connectivity index (χ4n) is 2.08. The van der Waals surface area contributed by atoms with Crippen LogP contribution >= 0.6 is 0 Å². The van der Waals surface area contributed by atoms with Crippen LogP contribution in [0.2, 0.25) is 0 Å². The van der Waals surface area contributed by atoms with Gasteiger partial charge < -0.3 is 5.11 Å². The van der Waals surface area contributed by atoms with Gasteiger partial charge in [-0.15, -0.1) is 0 Å². The predicted molar refractivity (Wildman–Crippen MR) is 93.3 cm³/mol. The van der Waals surface area contributed by atoms with E-state index in [4.69, 9.17) is 0 Å². The van der Waals surface area contributed by atoms with Crippen LogP contribution in [0.1, 0.15) is 11.1 Å². The Balaban J connectivity index is 1.89. The van der Waals surface area contributed by atoms with Crippen molar-refractivity contribution in [2.45, 2.75) is 12.5 Å². The third kappa shape index (κ3) is 6.04. The molecule has 3 N–H and O–H groups in total. The van der Waals surface area contributed by atoms with Gasteiger partial charge in [-0.1, -0.05) is 66.7 Å². The largest absolute Gasteiger partial charge is 0.480 e. The zero-order valence-corrected chi connectivity index (χ0v) is 13.4. The van der Waals surface area contributed by atoms with Crippen molar-refractivity contribution in [2.75, 3.05) is 0 Å². The Kier molecular flexibility index (Phi) is 6.62. The Morgan fingerprint density at radius 2 is 1.56 bits per heavy atom. The molecule has 1 atom stereocenters. The maximum atomic E-state index is 11.8. The highest BCUT2D eigenvalue weighted by Gasteiger charge is 2.19. The summed E-state index contributed by atoms with van der Waals surface area (Å²) in [5, 5.41) is 9.23. The summed E-state index contributed by atoms with van der Waals surface area (Å²) in [6.07, 6.45) is 2.82. The van der Waals surface area contributed by atoms with Crippen LogP contribution in [-0.2, 0) is 20.8 Å². The molecule has 0 saturated carbocycles. The van der Waals surface area contributed by atoms with Crippen molar-refractivity contribution >= 4 is 23.7 Å². The third-order valence-electron chi connectivity index (χ3n) is 3.39. The topological polar surface area (TPSA) is 95.5 Å². The van der Waals surface area contributed by atoms with Gasteiger partial charge in [-0.2, -0.15) is 0 Å². The van der Waals surface area contributed by atoms with E-state index in [-0.39, 0.29) is 6.42 Å². The molecule has 6 nitrogen and oxygen atoms in total. The Bertz CT molecular complexity index is 758. The molecular formula is C19H18N2O4. The minimum atomic E-state index is -1.13. The summed E-state index contributed by atoms with van der Waals surface area (Å²) in [6, 6.07) is 17.0. The molecule has 0 fully saturated rings. The number of hydrogen-bond donors (Lipinski definition) is 3. The zero-order chi connectivity index (χ0) is 18.1. The number of carboxylic acid groups (broad SMARTS) is 1. The van der Waals surface area contributed by atoms with Crippen molar-refractivity contribution in [1.29, 1.82) is 0 Å². The second-order valence-electron chi connectivity index (χ2n) is 5.29. The molecule has 0 heterocycles. The monoisotopic (exact) mass is 338 g/mol. The van der Waals surface area contributed by atoms with Gasteiger partial charge in [0.05, 0.1) is 0 Å². The smallest absolute Gasteiger partial charge is 0.322 e. The average molecular weight is 338 g/mol. The number of carbonyl (C=O) groups is 3. The van der Waals surface area contributed by atoms with Gasteiger partial charge in [-0.3, -0.25) is 19.8 Å². The van der Waals surface area contributed by atoms with Crippen molar-refractivity contribution in [3.63, 3.8) is 0 Å². The Morgan fingerprint density at radius 3 is 2.16 bits per heavy atom. The van der Waals surface area contributed by atoms with Gasteiger partial charge in [-0.05, 0) is 17.2 Å². The fraction of sp³-hybridized carbons (Fsp3) is 0.105. The summed E-state index contributed by atoms with van der Waals surface area (Å²) >= 11 is 0. The van der Waals surface area contributed by atoms with Crippen LogP contribution < -0.4 is 10.9 Å². The van der Waals surface area contributed by atoms with Crippen LogP contribution in [0.25, 0.3) is 6.08 Å². The molecule has 0 aliphatic heterocycles. The number of aliphatic carboxylic acids is 1. The van der Waals surface area contributed by atoms with Crippen molar-refractivity contribution in [1.82, 2.24) is 10.9 Å². The maximum absolute atomic E-state index is 11.8. The van der Waals surface area contributed by atoms with Gasteiger partial charge in [0.2, 0.25) is 5.78 Å². The van der Waals surface area contributed by atoms with Crippen LogP contribution in [-0.4, -0.2) is 28.8 Å². The number of amides is 1. The second-order valence-corrected chi connectivity index (χ2v) is 5.29. The summed E-state index contributed by atoms with van der Waals surface area (Å²) in [4.78, 5) is 34.8. The number of rotatable bonds is 8. The highest BCUT2D eigenvalue weighted by molar-refractivity contribution is 6.41. The lowest BCUT2D eigenvalue weighted by Gasteiger charge is -2.14. The first kappa shape index (κ1) is 18.1. The first-order valence-electron chi connectivity index (χ1n) is 7.66. The highest BCUT2D eigenvalue weighted by Crippen LogP contribution is 2.03. The van der Waals surface area contributed by atoms with Crippen molar-refractivity contribution in [2.24, 2.45) is 0 Å². The molecule has 2 aromatic rings. The summed E-state index contributed by atoms with van der Waals surface area (Å²) in [5.74, 6) is -2.83. The normalized spacial score (nSPS) is 11.8. The molecule has 0 aliphatic rings. The van der Waals surface area contributed by atoms with Crippen molar-refractivity contribution in [3.05, 3.63) is 77.9 Å². The number of hydrazine groups is 1. The van der Waals surface area contributed by atoms with Crippen molar-refractivity contribution in [3.8, 4) is 0 Å². The summed E-state index contributed by atoms with van der Waals surface area (Å²) in [5.41, 5.74) is 6.12. The Labute approximate surface area is 145 Å². The van der Waals surface area contributed by atoms with E-state index in [9.17, 15) is 19.5 Å². The number of hydrogen-bond acceptors (Lipinski definition) is 4. The molecule has 128 valence electrons. The van der Waals surface area contributed by atoms with Gasteiger partial charge in [0.1, 0.15) is 6.04 Å². The van der Waals surface area contributed by atoms with Crippen LogP contribution in [0.5, 0.6) is 0 Å². The van der Waals surface area contributed by atoms with E-state index in [0.29, 0.717) is 0 Å². The van der Waals surface area contributed by atoms with Crippen LogP contribution in [0, 0.1) is 0 Å². The number of nitrogens with one attached hydrogen (secondary N) is 2. The Hall–Kier alpha value is -3.25. The Morgan fingerprint density at radius 1 is 0.960 bits per heavy atom. The molecule has 0 bridgehead atoms. The van der Waals surface area contributed by atoms with Crippen LogP contribution in [0.3, 0.4) is 0 Å². The fourth-order valence-corrected chi connectivity index (χ4v) is 2.08. The van der Waals surface area contributed by atoms with E-state index in [1.807, 2.05) is 24.3 Å². The van der Waals surface area contributed by atoms with Gasteiger partial charge in [0.25, 0.3) is 0 Å². The first-order valence-corrected chi connectivity index (χ1v) is 7.66. The molecule has 0 radical (unpaired) electrons. The summed E-state index contributed by atoms with van der Waals surface area (Å²) in [6.45, 7) is 0. The summed E-state index contributed by atoms with van der Waals surface area (Å²) in [7, 11) is 0. The lowest BCUT2D eigenvalue weighted by Crippen LogP contribution is -2.50. The lowest BCUT2D eigenvalue weighted by atomic mass is 10.1. The molecular weight excluding hydrogens is 320 g/mol. The highest BCUT2D eigenvalue weighted by atomic mass is 16.4. The molecule has 0 unspecified atom stereocenters. The molecule has 6 heteroatoms. The van der Waals surface area contributed by atoms with E-state index >= 15 is 0 Å². The quantitative estimate of drug-likeness (QED) is 0.386. The molecule has 1 amide bonds. The van der Waals surface area contributed by atoms with E-state index in [1.165, 1.54) is 6.08 Å². The van der Waals surface area contributed by atoms with Gasteiger partial charge in [-0.25, -0.2) is 5.43 Å². The number of carboxylic acids is 1. The SMILES string of the molecule is O=C(/C=C/c1ccccc1)C(=O)NN[C@@H](Cc1ccccc1)C(=O)O. The second kappa shape index (κ2) is 9.14. The van der Waals surface area contributed by atoms with Crippen LogP contribution in [0.4, 0.5) is 0 Å². The number of benzene rings is 2. The third-order valence-corrected chi connectivity index (χ3v) is 3.39. The van der Waals surface area contributed by atoms with Gasteiger partial charge in [0.15, 0.2) is 0 Å². The number of ketones is 1. The van der Waals surface area contributed by atoms with E-state index in [1.54, 1.807) is 36.4 Å². The molecule has 0 aromatic heterocycles. The molecule has 0 aliphatic carbocycles. The van der Waals surface area contributed by atoms with Gasteiger partial charge in [0, 0.05) is 6.42 Å². The zero-order valence-electron chi connectivity index (χ0n) is 13.4. The maximum Gasteiger partial charge on any atom is 0.322 e. The standard InChI is InChI=1S/C19H18N2O4/c22-17(12-11-14-7-3-1-4-8-14)18(23)21-20-16(19(24)25)13-15-9-5-2-6-10-15/h1-12,16,20H,13H2,(H,21,23)(H,24,25)/b12-11+/t16-/m0/s1. The average Bonchev–Trinajstić information content (AvgIpc) is 2.64. The molecule has 2 rings (SSSR count). The van der Waals surface area contributed by atoms with E-state index < -0.39 is 23.7 Å².